The van der Waals surface area contributed by atoms with Crippen molar-refractivity contribution in [3.63, 3.8) is 0 Å². The van der Waals surface area contributed by atoms with Crippen LogP contribution < -0.4 is 5.32 Å². The third kappa shape index (κ3) is 3.48. The Labute approximate surface area is 136 Å². The number of rotatable bonds is 2. The van der Waals surface area contributed by atoms with Gasteiger partial charge in [0.2, 0.25) is 0 Å². The van der Waals surface area contributed by atoms with Gasteiger partial charge in [0.1, 0.15) is 0 Å². The molecule has 0 unspecified atom stereocenters. The van der Waals surface area contributed by atoms with Gasteiger partial charge in [0.05, 0.1) is 10.6 Å². The lowest BCUT2D eigenvalue weighted by atomic mass is 10.2. The Morgan fingerprint density at radius 3 is 2.65 bits per heavy atom. The number of carbonyl (C=O) groups excluding carboxylic acids is 1. The van der Waals surface area contributed by atoms with Crippen molar-refractivity contribution in [2.45, 2.75) is 6.92 Å². The quantitative estimate of drug-likeness (QED) is 0.840. The minimum atomic E-state index is -0.948. The number of nitrogens with zero attached hydrogens (tertiary/aromatic N) is 1. The third-order valence-electron chi connectivity index (χ3n) is 3.23. The Balaban J connectivity index is 1.86. The topological polar surface area (TPSA) is 41.5 Å². The van der Waals surface area contributed by atoms with Gasteiger partial charge >= 0.3 is 0 Å². The van der Waals surface area contributed by atoms with Crippen LogP contribution in [0, 0.1) is 18.6 Å². The van der Waals surface area contributed by atoms with Crippen LogP contribution in [0.4, 0.5) is 14.5 Å². The highest BCUT2D eigenvalue weighted by Gasteiger charge is 2.24. The van der Waals surface area contributed by atoms with E-state index in [1.165, 1.54) is 12.1 Å². The summed E-state index contributed by atoms with van der Waals surface area (Å²) in [4.78, 5) is 16.7. The maximum atomic E-state index is 13.2. The SMILES string of the molecule is Cc1ccccc1N=C1NC(=O)/C(=C\c2ccc(F)c(F)c2)S1. The molecule has 1 N–H and O–H groups in total. The molecule has 2 aromatic rings. The van der Waals surface area contributed by atoms with Crippen LogP contribution >= 0.6 is 11.8 Å². The molecule has 6 heteroatoms. The highest BCUT2D eigenvalue weighted by atomic mass is 32.2. The number of benzene rings is 2. The average Bonchev–Trinajstić information content (AvgIpc) is 2.85. The molecule has 1 aliphatic rings. The molecule has 0 aromatic heterocycles. The van der Waals surface area contributed by atoms with E-state index in [9.17, 15) is 13.6 Å². The molecule has 116 valence electrons. The summed E-state index contributed by atoms with van der Waals surface area (Å²) in [6, 6.07) is 11.1. The van der Waals surface area contributed by atoms with Gasteiger partial charge in [-0.2, -0.15) is 0 Å². The standard InChI is InChI=1S/C17H12F2N2OS/c1-10-4-2-3-5-14(10)20-17-21-16(22)15(23-17)9-11-6-7-12(18)13(19)8-11/h2-9H,1H3,(H,20,21,22)/b15-9+. The molecule has 0 spiro atoms. The molecule has 0 atom stereocenters. The van der Waals surface area contributed by atoms with Crippen LogP contribution in [0.1, 0.15) is 11.1 Å². The first-order chi connectivity index (χ1) is 11.0. The lowest BCUT2D eigenvalue weighted by Crippen LogP contribution is -2.19. The fourth-order valence-electron chi connectivity index (χ4n) is 2.03. The molecule has 2 aromatic carbocycles. The Bertz CT molecular complexity index is 846. The van der Waals surface area contributed by atoms with Gasteiger partial charge in [-0.25, -0.2) is 13.8 Å². The Kier molecular flexibility index (Phi) is 4.25. The molecule has 3 rings (SSSR count). The van der Waals surface area contributed by atoms with Crippen LogP contribution in [0.5, 0.6) is 0 Å². The molecule has 1 fully saturated rings. The lowest BCUT2D eigenvalue weighted by Gasteiger charge is -1.99. The average molecular weight is 330 g/mol. The largest absolute Gasteiger partial charge is 0.300 e. The van der Waals surface area contributed by atoms with Crippen molar-refractivity contribution in [3.05, 3.63) is 70.1 Å². The van der Waals surface area contributed by atoms with Gasteiger partial charge < -0.3 is 5.32 Å². The maximum absolute atomic E-state index is 13.2. The van der Waals surface area contributed by atoms with Gasteiger partial charge in [0.15, 0.2) is 16.8 Å². The van der Waals surface area contributed by atoms with E-state index in [0.717, 1.165) is 35.1 Å². The molecule has 1 heterocycles. The number of carbonyl (C=O) groups is 1. The van der Waals surface area contributed by atoms with E-state index in [1.54, 1.807) is 0 Å². The lowest BCUT2D eigenvalue weighted by molar-refractivity contribution is -0.115. The van der Waals surface area contributed by atoms with Gasteiger partial charge in [0, 0.05) is 0 Å². The number of thioether (sulfide) groups is 1. The summed E-state index contributed by atoms with van der Waals surface area (Å²) in [5.74, 6) is -2.18. The first-order valence-electron chi connectivity index (χ1n) is 6.83. The van der Waals surface area contributed by atoms with Crippen LogP contribution in [-0.2, 0) is 4.79 Å². The van der Waals surface area contributed by atoms with E-state index in [1.807, 2.05) is 31.2 Å². The predicted molar refractivity (Wildman–Crippen MR) is 88.3 cm³/mol. The Morgan fingerprint density at radius 1 is 1.13 bits per heavy atom. The molecular weight excluding hydrogens is 318 g/mol. The van der Waals surface area contributed by atoms with Crippen molar-refractivity contribution < 1.29 is 13.6 Å². The van der Waals surface area contributed by atoms with Crippen molar-refractivity contribution >= 4 is 34.6 Å². The van der Waals surface area contributed by atoms with E-state index in [2.05, 4.69) is 10.3 Å². The molecular formula is C17H12F2N2OS. The molecule has 23 heavy (non-hydrogen) atoms. The minimum absolute atomic E-state index is 0.313. The van der Waals surface area contributed by atoms with Crippen LogP contribution in [0.15, 0.2) is 52.4 Å². The molecule has 3 nitrogen and oxygen atoms in total. The van der Waals surface area contributed by atoms with Gasteiger partial charge in [-0.15, -0.1) is 0 Å². The second-order valence-corrected chi connectivity index (χ2v) is 5.97. The first kappa shape index (κ1) is 15.4. The van der Waals surface area contributed by atoms with Crippen molar-refractivity contribution in [1.82, 2.24) is 5.32 Å². The molecule has 1 aliphatic heterocycles. The smallest absolute Gasteiger partial charge is 0.264 e. The Morgan fingerprint density at radius 2 is 1.91 bits per heavy atom. The number of amidine groups is 1. The summed E-state index contributed by atoms with van der Waals surface area (Å²) in [7, 11) is 0. The normalized spacial score (nSPS) is 17.8. The molecule has 1 saturated heterocycles. The fourth-order valence-corrected chi connectivity index (χ4v) is 2.87. The predicted octanol–water partition coefficient (Wildman–Crippen LogP) is 4.16. The zero-order valence-electron chi connectivity index (χ0n) is 12.1. The molecule has 0 bridgehead atoms. The molecule has 0 radical (unpaired) electrons. The van der Waals surface area contributed by atoms with Gasteiger partial charge in [-0.3, -0.25) is 4.79 Å². The summed E-state index contributed by atoms with van der Waals surface area (Å²) >= 11 is 1.16. The summed E-state index contributed by atoms with van der Waals surface area (Å²) in [5, 5.41) is 3.12. The van der Waals surface area contributed by atoms with Crippen molar-refractivity contribution in [3.8, 4) is 0 Å². The number of aliphatic imine (C=N–C) groups is 1. The monoisotopic (exact) mass is 330 g/mol. The number of hydrogen-bond donors (Lipinski definition) is 1. The second-order valence-electron chi connectivity index (χ2n) is 4.94. The zero-order chi connectivity index (χ0) is 16.4. The summed E-state index contributed by atoms with van der Waals surface area (Å²) < 4.78 is 26.2. The fraction of sp³-hybridized carbons (Fsp3) is 0.0588. The summed E-state index contributed by atoms with van der Waals surface area (Å²) in [6.45, 7) is 1.93. The third-order valence-corrected chi connectivity index (χ3v) is 4.14. The Hall–Kier alpha value is -2.47. The van der Waals surface area contributed by atoms with E-state index < -0.39 is 11.6 Å². The van der Waals surface area contributed by atoms with Gasteiger partial charge in [0.25, 0.3) is 5.91 Å². The van der Waals surface area contributed by atoms with Crippen LogP contribution in [0.2, 0.25) is 0 Å². The van der Waals surface area contributed by atoms with Crippen molar-refractivity contribution in [2.24, 2.45) is 4.99 Å². The van der Waals surface area contributed by atoms with E-state index >= 15 is 0 Å². The number of aryl methyl sites for hydroxylation is 1. The van der Waals surface area contributed by atoms with Gasteiger partial charge in [-0.1, -0.05) is 24.3 Å². The van der Waals surface area contributed by atoms with Crippen molar-refractivity contribution in [1.29, 1.82) is 0 Å². The highest BCUT2D eigenvalue weighted by molar-refractivity contribution is 8.18. The molecule has 0 saturated carbocycles. The number of para-hydroxylation sites is 1. The number of halogens is 2. The molecule has 1 amide bonds. The second kappa shape index (κ2) is 6.34. The minimum Gasteiger partial charge on any atom is -0.300 e. The van der Waals surface area contributed by atoms with Gasteiger partial charge in [-0.05, 0) is 54.1 Å². The highest BCUT2D eigenvalue weighted by Crippen LogP contribution is 2.29. The van der Waals surface area contributed by atoms with E-state index in [-0.39, 0.29) is 5.91 Å². The summed E-state index contributed by atoms with van der Waals surface area (Å²) in [6.07, 6.45) is 1.50. The van der Waals surface area contributed by atoms with Crippen LogP contribution in [0.3, 0.4) is 0 Å². The number of nitrogens with one attached hydrogen (secondary N) is 1. The maximum Gasteiger partial charge on any atom is 0.264 e. The van der Waals surface area contributed by atoms with E-state index in [4.69, 9.17) is 0 Å². The number of hydrogen-bond acceptors (Lipinski definition) is 3. The van der Waals surface area contributed by atoms with Crippen LogP contribution in [0.25, 0.3) is 6.08 Å². The first-order valence-corrected chi connectivity index (χ1v) is 7.65. The van der Waals surface area contributed by atoms with E-state index in [0.29, 0.717) is 15.6 Å². The van der Waals surface area contributed by atoms with Crippen LogP contribution in [-0.4, -0.2) is 11.1 Å². The van der Waals surface area contributed by atoms with Crippen molar-refractivity contribution in [2.75, 3.05) is 0 Å². The number of amides is 1. The molecule has 0 aliphatic carbocycles. The summed E-state index contributed by atoms with van der Waals surface area (Å²) in [5.41, 5.74) is 2.18. The zero-order valence-corrected chi connectivity index (χ0v) is 13.0.